The second-order valence-corrected chi connectivity index (χ2v) is 3.82. The molecular formula is C13H16FNO2. The first-order chi connectivity index (χ1) is 8.11. The van der Waals surface area contributed by atoms with E-state index in [1.165, 1.54) is 12.1 Å². The molecule has 0 aliphatic rings. The molecule has 0 fully saturated rings. The molecule has 0 aromatic heterocycles. The van der Waals surface area contributed by atoms with Gasteiger partial charge in [-0.1, -0.05) is 18.2 Å². The Morgan fingerprint density at radius 1 is 1.47 bits per heavy atom. The Bertz CT molecular complexity index is 376. The van der Waals surface area contributed by atoms with E-state index < -0.39 is 5.97 Å². The first-order valence-corrected chi connectivity index (χ1v) is 5.42. The van der Waals surface area contributed by atoms with E-state index in [0.29, 0.717) is 13.0 Å². The van der Waals surface area contributed by atoms with Crippen LogP contribution >= 0.6 is 0 Å². The number of hydrogen-bond acceptors (Lipinski definition) is 2. The molecule has 1 aromatic rings. The van der Waals surface area contributed by atoms with Crippen molar-refractivity contribution in [1.82, 2.24) is 5.32 Å². The van der Waals surface area contributed by atoms with Crippen molar-refractivity contribution in [3.05, 3.63) is 48.3 Å². The monoisotopic (exact) mass is 237 g/mol. The van der Waals surface area contributed by atoms with Crippen LogP contribution in [0.1, 0.15) is 12.0 Å². The van der Waals surface area contributed by atoms with Crippen LogP contribution in [0.3, 0.4) is 0 Å². The topological polar surface area (TPSA) is 49.3 Å². The molecule has 92 valence electrons. The molecular weight excluding hydrogens is 221 g/mol. The van der Waals surface area contributed by atoms with Gasteiger partial charge in [0.25, 0.3) is 0 Å². The van der Waals surface area contributed by atoms with E-state index in [1.54, 1.807) is 18.2 Å². The number of aliphatic carboxylic acids is 1. The van der Waals surface area contributed by atoms with Crippen molar-refractivity contribution < 1.29 is 14.3 Å². The fourth-order valence-electron chi connectivity index (χ4n) is 1.58. The van der Waals surface area contributed by atoms with Gasteiger partial charge in [0.2, 0.25) is 0 Å². The average Bonchev–Trinajstić information content (AvgIpc) is 2.28. The number of halogens is 1. The van der Waals surface area contributed by atoms with Gasteiger partial charge in [-0.15, -0.1) is 6.58 Å². The largest absolute Gasteiger partial charge is 0.481 e. The maximum absolute atomic E-state index is 12.7. The van der Waals surface area contributed by atoms with E-state index >= 15 is 0 Å². The van der Waals surface area contributed by atoms with E-state index in [4.69, 9.17) is 5.11 Å². The zero-order chi connectivity index (χ0) is 12.7. The van der Waals surface area contributed by atoms with Gasteiger partial charge in [-0.05, 0) is 24.1 Å². The minimum Gasteiger partial charge on any atom is -0.481 e. The van der Waals surface area contributed by atoms with Crippen molar-refractivity contribution in [1.29, 1.82) is 0 Å². The molecule has 3 nitrogen and oxygen atoms in total. The van der Waals surface area contributed by atoms with Gasteiger partial charge in [0.05, 0.1) is 6.42 Å². The molecule has 0 spiro atoms. The molecule has 4 heteroatoms. The number of hydrogen-bond donors (Lipinski definition) is 2. The highest BCUT2D eigenvalue weighted by molar-refractivity contribution is 5.67. The Morgan fingerprint density at radius 2 is 2.12 bits per heavy atom. The van der Waals surface area contributed by atoms with E-state index in [9.17, 15) is 9.18 Å². The average molecular weight is 237 g/mol. The smallest absolute Gasteiger partial charge is 0.304 e. The fourth-order valence-corrected chi connectivity index (χ4v) is 1.58. The van der Waals surface area contributed by atoms with Crippen LogP contribution in [0.2, 0.25) is 0 Å². The fraction of sp³-hybridized carbons (Fsp3) is 0.308. The lowest BCUT2D eigenvalue weighted by molar-refractivity contribution is -0.137. The highest BCUT2D eigenvalue weighted by atomic mass is 19.1. The molecule has 1 atom stereocenters. The van der Waals surface area contributed by atoms with Crippen LogP contribution in [0.4, 0.5) is 4.39 Å². The highest BCUT2D eigenvalue weighted by Crippen LogP contribution is 2.08. The summed E-state index contributed by atoms with van der Waals surface area (Å²) >= 11 is 0. The van der Waals surface area contributed by atoms with Crippen LogP contribution in [-0.4, -0.2) is 23.7 Å². The summed E-state index contributed by atoms with van der Waals surface area (Å²) in [4.78, 5) is 10.7. The summed E-state index contributed by atoms with van der Waals surface area (Å²) in [6.45, 7) is 4.13. The lowest BCUT2D eigenvalue weighted by Gasteiger charge is -2.15. The van der Waals surface area contributed by atoms with Crippen LogP contribution in [-0.2, 0) is 11.2 Å². The van der Waals surface area contributed by atoms with Gasteiger partial charge < -0.3 is 10.4 Å². The van der Waals surface area contributed by atoms with Crippen LogP contribution in [0, 0.1) is 5.82 Å². The summed E-state index contributed by atoms with van der Waals surface area (Å²) in [7, 11) is 0. The van der Waals surface area contributed by atoms with Gasteiger partial charge >= 0.3 is 5.97 Å². The van der Waals surface area contributed by atoms with Crippen molar-refractivity contribution in [2.24, 2.45) is 0 Å². The molecule has 1 aromatic carbocycles. The predicted molar refractivity (Wildman–Crippen MR) is 64.3 cm³/mol. The molecule has 0 amide bonds. The van der Waals surface area contributed by atoms with Crippen LogP contribution in [0.5, 0.6) is 0 Å². The van der Waals surface area contributed by atoms with Crippen LogP contribution < -0.4 is 5.32 Å². The van der Waals surface area contributed by atoms with Gasteiger partial charge in [0, 0.05) is 12.6 Å². The first kappa shape index (κ1) is 13.4. The molecule has 17 heavy (non-hydrogen) atoms. The second-order valence-electron chi connectivity index (χ2n) is 3.82. The maximum Gasteiger partial charge on any atom is 0.304 e. The lowest BCUT2D eigenvalue weighted by atomic mass is 10.0. The summed E-state index contributed by atoms with van der Waals surface area (Å²) in [5.41, 5.74) is 0.911. The summed E-state index contributed by atoms with van der Waals surface area (Å²) in [6.07, 6.45) is 2.27. The number of carbonyl (C=O) groups is 1. The third-order valence-electron chi connectivity index (χ3n) is 2.37. The third-order valence-corrected chi connectivity index (χ3v) is 2.37. The molecule has 0 saturated heterocycles. The lowest BCUT2D eigenvalue weighted by Crippen LogP contribution is -2.33. The van der Waals surface area contributed by atoms with Gasteiger partial charge in [-0.25, -0.2) is 4.39 Å². The molecule has 2 N–H and O–H groups in total. The first-order valence-electron chi connectivity index (χ1n) is 5.42. The number of nitrogens with one attached hydrogen (secondary N) is 1. The number of benzene rings is 1. The second kappa shape index (κ2) is 6.81. The van der Waals surface area contributed by atoms with Gasteiger partial charge in [0.1, 0.15) is 5.82 Å². The molecule has 0 saturated carbocycles. The van der Waals surface area contributed by atoms with Crippen molar-refractivity contribution in [2.75, 3.05) is 6.54 Å². The number of carboxylic acids is 1. The van der Waals surface area contributed by atoms with E-state index in [-0.39, 0.29) is 18.3 Å². The Morgan fingerprint density at radius 3 is 2.65 bits per heavy atom. The summed E-state index contributed by atoms with van der Waals surface area (Å²) in [5, 5.41) is 11.9. The standard InChI is InChI=1S/C13H16FNO2/c1-2-7-15-12(9-13(16)17)8-10-3-5-11(14)6-4-10/h2-6,12,15H,1,7-9H2,(H,16,17). The molecule has 0 bridgehead atoms. The summed E-state index contributed by atoms with van der Waals surface area (Å²) in [6, 6.07) is 5.91. The molecule has 0 aliphatic carbocycles. The van der Waals surface area contributed by atoms with Crippen LogP contribution in [0.15, 0.2) is 36.9 Å². The number of carboxylic acid groups (broad SMARTS) is 1. The number of rotatable bonds is 7. The molecule has 0 aliphatic heterocycles. The van der Waals surface area contributed by atoms with Crippen molar-refractivity contribution in [3.8, 4) is 0 Å². The predicted octanol–water partition coefficient (Wildman–Crippen LogP) is 1.99. The van der Waals surface area contributed by atoms with Gasteiger partial charge in [-0.2, -0.15) is 0 Å². The third kappa shape index (κ3) is 5.26. The van der Waals surface area contributed by atoms with Crippen molar-refractivity contribution >= 4 is 5.97 Å². The van der Waals surface area contributed by atoms with Crippen molar-refractivity contribution in [2.45, 2.75) is 18.9 Å². The zero-order valence-corrected chi connectivity index (χ0v) is 9.53. The van der Waals surface area contributed by atoms with Gasteiger partial charge in [0.15, 0.2) is 0 Å². The Hall–Kier alpha value is -1.68. The minimum atomic E-state index is -0.853. The molecule has 0 radical (unpaired) electrons. The highest BCUT2D eigenvalue weighted by Gasteiger charge is 2.12. The zero-order valence-electron chi connectivity index (χ0n) is 9.53. The Balaban J connectivity index is 2.60. The normalized spacial score (nSPS) is 12.1. The summed E-state index contributed by atoms with van der Waals surface area (Å²) in [5.74, 6) is -1.14. The maximum atomic E-state index is 12.7. The minimum absolute atomic E-state index is 0.0330. The molecule has 0 heterocycles. The quantitative estimate of drug-likeness (QED) is 0.713. The Kier molecular flexibility index (Phi) is 5.36. The van der Waals surface area contributed by atoms with E-state index in [2.05, 4.69) is 11.9 Å². The molecule has 1 unspecified atom stereocenters. The van der Waals surface area contributed by atoms with E-state index in [1.807, 2.05) is 0 Å². The van der Waals surface area contributed by atoms with Gasteiger partial charge in [-0.3, -0.25) is 4.79 Å². The Labute approximate surface area is 100.0 Å². The SMILES string of the molecule is C=CCNC(CC(=O)O)Cc1ccc(F)cc1. The van der Waals surface area contributed by atoms with E-state index in [0.717, 1.165) is 5.56 Å². The van der Waals surface area contributed by atoms with Crippen LogP contribution in [0.25, 0.3) is 0 Å². The van der Waals surface area contributed by atoms with Crippen molar-refractivity contribution in [3.63, 3.8) is 0 Å². The summed E-state index contributed by atoms with van der Waals surface area (Å²) < 4.78 is 12.7. The molecule has 1 rings (SSSR count).